The second-order valence-corrected chi connectivity index (χ2v) is 4.96. The van der Waals surface area contributed by atoms with Crippen molar-refractivity contribution in [3.63, 3.8) is 0 Å². The molecule has 0 amide bonds. The number of hydrogen-bond acceptors (Lipinski definition) is 4. The van der Waals surface area contributed by atoms with Gasteiger partial charge in [-0.3, -0.25) is 4.68 Å². The molecule has 1 aromatic heterocycles. The molecule has 0 atom stereocenters. The summed E-state index contributed by atoms with van der Waals surface area (Å²) in [5.74, 6) is -0.326. The molecule has 5 nitrogen and oxygen atoms in total. The van der Waals surface area contributed by atoms with Gasteiger partial charge in [-0.05, 0) is 37.6 Å². The smallest absolute Gasteiger partial charge is 0.338 e. The second-order valence-electron chi connectivity index (χ2n) is 4.96. The molecule has 2 aromatic rings. The molecule has 0 fully saturated rings. The van der Waals surface area contributed by atoms with Crippen LogP contribution in [0, 0.1) is 0 Å². The first kappa shape index (κ1) is 15.3. The molecule has 112 valence electrons. The van der Waals surface area contributed by atoms with Crippen molar-refractivity contribution in [3.05, 3.63) is 53.9 Å². The molecule has 0 unspecified atom stereocenters. The quantitative estimate of drug-likeness (QED) is 0.580. The second kappa shape index (κ2) is 7.59. The van der Waals surface area contributed by atoms with Crippen molar-refractivity contribution < 1.29 is 14.3 Å². The van der Waals surface area contributed by atoms with Crippen molar-refractivity contribution in [1.82, 2.24) is 9.78 Å². The average Bonchev–Trinajstić information content (AvgIpc) is 2.97. The van der Waals surface area contributed by atoms with Crippen LogP contribution in [0.25, 0.3) is 0 Å². The number of ether oxygens (including phenoxy) is 2. The number of benzene rings is 1. The van der Waals surface area contributed by atoms with Gasteiger partial charge in [0.2, 0.25) is 0 Å². The number of hydrogen-bond donors (Lipinski definition) is 0. The van der Waals surface area contributed by atoms with Gasteiger partial charge in [-0.15, -0.1) is 0 Å². The molecule has 0 aliphatic carbocycles. The fourth-order valence-corrected chi connectivity index (χ4v) is 1.83. The molecule has 1 aromatic carbocycles. The Morgan fingerprint density at radius 3 is 2.62 bits per heavy atom. The Hall–Kier alpha value is -2.14. The average molecular weight is 288 g/mol. The van der Waals surface area contributed by atoms with Crippen molar-refractivity contribution in [2.75, 3.05) is 13.2 Å². The molecule has 5 heteroatoms. The van der Waals surface area contributed by atoms with Gasteiger partial charge >= 0.3 is 5.97 Å². The van der Waals surface area contributed by atoms with Crippen molar-refractivity contribution in [1.29, 1.82) is 0 Å². The van der Waals surface area contributed by atoms with Crippen LogP contribution in [-0.2, 0) is 16.0 Å². The minimum Gasteiger partial charge on any atom is -0.460 e. The maximum Gasteiger partial charge on any atom is 0.338 e. The zero-order valence-electron chi connectivity index (χ0n) is 12.4. The van der Waals surface area contributed by atoms with Gasteiger partial charge in [0, 0.05) is 12.4 Å². The summed E-state index contributed by atoms with van der Waals surface area (Å²) < 4.78 is 12.3. The van der Waals surface area contributed by atoms with Crippen LogP contribution >= 0.6 is 0 Å². The van der Waals surface area contributed by atoms with Crippen LogP contribution in [0.4, 0.5) is 0 Å². The molecule has 0 aliphatic rings. The fraction of sp³-hybridized carbons (Fsp3) is 0.375. The van der Waals surface area contributed by atoms with Gasteiger partial charge in [-0.1, -0.05) is 12.1 Å². The highest BCUT2D eigenvalue weighted by Gasteiger charge is 2.07. The maximum absolute atomic E-state index is 11.8. The number of carbonyl (C=O) groups excluding carboxylic acids is 1. The Morgan fingerprint density at radius 2 is 2.00 bits per heavy atom. The molecule has 0 saturated carbocycles. The number of rotatable bonds is 7. The third-order valence-electron chi connectivity index (χ3n) is 2.86. The number of carbonyl (C=O) groups is 1. The first-order valence-corrected chi connectivity index (χ1v) is 7.00. The van der Waals surface area contributed by atoms with Gasteiger partial charge in [0.1, 0.15) is 6.61 Å². The first-order chi connectivity index (χ1) is 10.1. The first-order valence-electron chi connectivity index (χ1n) is 7.00. The van der Waals surface area contributed by atoms with Crippen LogP contribution < -0.4 is 0 Å². The Balaban J connectivity index is 1.82. The zero-order chi connectivity index (χ0) is 15.1. The third kappa shape index (κ3) is 5.04. The predicted molar refractivity (Wildman–Crippen MR) is 79.1 cm³/mol. The zero-order valence-corrected chi connectivity index (χ0v) is 12.4. The van der Waals surface area contributed by atoms with Gasteiger partial charge in [-0.25, -0.2) is 4.79 Å². The lowest BCUT2D eigenvalue weighted by Crippen LogP contribution is -2.13. The van der Waals surface area contributed by atoms with E-state index in [0.717, 1.165) is 5.56 Å². The summed E-state index contributed by atoms with van der Waals surface area (Å²) in [5, 5.41) is 4.14. The summed E-state index contributed by atoms with van der Waals surface area (Å²) >= 11 is 0. The fourth-order valence-electron chi connectivity index (χ4n) is 1.83. The van der Waals surface area contributed by atoms with E-state index >= 15 is 0 Å². The van der Waals surface area contributed by atoms with Gasteiger partial charge in [0.25, 0.3) is 0 Å². The Kier molecular flexibility index (Phi) is 5.51. The molecule has 0 aliphatic heterocycles. The van der Waals surface area contributed by atoms with Crippen molar-refractivity contribution in [2.24, 2.45) is 0 Å². The SMILES string of the molecule is CC(C)OCCOC(=O)c1ccc(Cn2cccn2)cc1. The predicted octanol–water partition coefficient (Wildman–Crippen LogP) is 2.51. The van der Waals surface area contributed by atoms with Crippen molar-refractivity contribution in [2.45, 2.75) is 26.5 Å². The van der Waals surface area contributed by atoms with Gasteiger partial charge in [0.15, 0.2) is 0 Å². The highest BCUT2D eigenvalue weighted by Crippen LogP contribution is 2.07. The lowest BCUT2D eigenvalue weighted by molar-refractivity contribution is 0.0177. The van der Waals surface area contributed by atoms with E-state index in [1.165, 1.54) is 0 Å². The highest BCUT2D eigenvalue weighted by atomic mass is 16.6. The molecule has 1 heterocycles. The van der Waals surface area contributed by atoms with Crippen LogP contribution in [0.1, 0.15) is 29.8 Å². The van der Waals surface area contributed by atoms with E-state index in [1.807, 2.05) is 42.9 Å². The third-order valence-corrected chi connectivity index (χ3v) is 2.86. The standard InChI is InChI=1S/C16H20N2O3/c1-13(2)20-10-11-21-16(19)15-6-4-14(5-7-15)12-18-9-3-8-17-18/h3-9,13H,10-12H2,1-2H3. The maximum atomic E-state index is 11.8. The van der Waals surface area contributed by atoms with Crippen LogP contribution in [0.5, 0.6) is 0 Å². The van der Waals surface area contributed by atoms with Crippen LogP contribution in [0.15, 0.2) is 42.7 Å². The van der Waals surface area contributed by atoms with Gasteiger partial charge in [0.05, 0.1) is 24.8 Å². The van der Waals surface area contributed by atoms with Gasteiger partial charge < -0.3 is 9.47 Å². The molecule has 0 N–H and O–H groups in total. The van der Waals surface area contributed by atoms with E-state index in [0.29, 0.717) is 18.7 Å². The van der Waals surface area contributed by atoms with Crippen molar-refractivity contribution >= 4 is 5.97 Å². The molecule has 0 bridgehead atoms. The van der Waals surface area contributed by atoms with Crippen LogP contribution in [-0.4, -0.2) is 35.1 Å². The summed E-state index contributed by atoms with van der Waals surface area (Å²) in [4.78, 5) is 11.8. The lowest BCUT2D eigenvalue weighted by atomic mass is 10.1. The summed E-state index contributed by atoms with van der Waals surface area (Å²) in [6, 6.07) is 9.23. The van der Waals surface area contributed by atoms with E-state index in [2.05, 4.69) is 5.10 Å². The molecular formula is C16H20N2O3. The topological polar surface area (TPSA) is 53.4 Å². The van der Waals surface area contributed by atoms with E-state index in [-0.39, 0.29) is 18.7 Å². The summed E-state index contributed by atoms with van der Waals surface area (Å²) in [6.07, 6.45) is 3.78. The molecular weight excluding hydrogens is 268 g/mol. The van der Waals surface area contributed by atoms with Crippen LogP contribution in [0.3, 0.4) is 0 Å². The normalized spacial score (nSPS) is 10.8. The van der Waals surface area contributed by atoms with Crippen molar-refractivity contribution in [3.8, 4) is 0 Å². The van der Waals surface area contributed by atoms with E-state index in [1.54, 1.807) is 18.3 Å². The molecule has 0 saturated heterocycles. The van der Waals surface area contributed by atoms with Crippen LogP contribution in [0.2, 0.25) is 0 Å². The number of nitrogens with zero attached hydrogens (tertiary/aromatic N) is 2. The Bertz CT molecular complexity index is 547. The van der Waals surface area contributed by atoms with E-state index < -0.39 is 0 Å². The summed E-state index contributed by atoms with van der Waals surface area (Å²) in [6.45, 7) is 5.26. The largest absolute Gasteiger partial charge is 0.460 e. The minimum absolute atomic E-state index is 0.144. The number of aromatic nitrogens is 2. The summed E-state index contributed by atoms with van der Waals surface area (Å²) in [5.41, 5.74) is 1.63. The minimum atomic E-state index is -0.326. The lowest BCUT2D eigenvalue weighted by Gasteiger charge is -2.08. The molecule has 0 radical (unpaired) electrons. The van der Waals surface area contributed by atoms with E-state index in [9.17, 15) is 4.79 Å². The molecule has 2 rings (SSSR count). The molecule has 0 spiro atoms. The summed E-state index contributed by atoms with van der Waals surface area (Å²) in [7, 11) is 0. The van der Waals surface area contributed by atoms with E-state index in [4.69, 9.17) is 9.47 Å². The highest BCUT2D eigenvalue weighted by molar-refractivity contribution is 5.89. The number of esters is 1. The Labute approximate surface area is 124 Å². The monoisotopic (exact) mass is 288 g/mol. The van der Waals surface area contributed by atoms with Gasteiger partial charge in [-0.2, -0.15) is 5.10 Å². The Morgan fingerprint density at radius 1 is 1.24 bits per heavy atom. The molecule has 21 heavy (non-hydrogen) atoms.